The van der Waals surface area contributed by atoms with Gasteiger partial charge in [-0.2, -0.15) is 0 Å². The Kier molecular flexibility index (Phi) is 5.24. The summed E-state index contributed by atoms with van der Waals surface area (Å²) in [6.45, 7) is 1.94. The van der Waals surface area contributed by atoms with E-state index in [0.29, 0.717) is 27.0 Å². The van der Waals surface area contributed by atoms with Gasteiger partial charge < -0.3 is 10.7 Å². The molecule has 3 heterocycles. The minimum absolute atomic E-state index is 0.123. The van der Waals surface area contributed by atoms with Gasteiger partial charge in [-0.3, -0.25) is 18.4 Å². The molecule has 3 aromatic heterocycles. The molecule has 0 radical (unpaired) electrons. The lowest BCUT2D eigenvalue weighted by atomic mass is 9.96. The number of carbonyl (C=O) groups is 1. The first-order chi connectivity index (χ1) is 17.8. The number of aromatic nitrogens is 4. The fraction of sp³-hybridized carbons (Fsp3) is 0.0714. The summed E-state index contributed by atoms with van der Waals surface area (Å²) in [7, 11) is -1.17. The van der Waals surface area contributed by atoms with Crippen molar-refractivity contribution >= 4 is 49.4 Å². The lowest BCUT2D eigenvalue weighted by Gasteiger charge is -2.15. The average molecular weight is 508 g/mol. The molecule has 6 aromatic rings. The van der Waals surface area contributed by atoms with E-state index in [1.165, 1.54) is 0 Å². The number of hydrogen-bond donors (Lipinski definition) is 2. The normalized spacial score (nSPS) is 12.4. The van der Waals surface area contributed by atoms with Gasteiger partial charge in [-0.1, -0.05) is 30.3 Å². The number of para-hydroxylation sites is 1. The molecule has 0 spiro atoms. The molecule has 1 unspecified atom stereocenters. The molecule has 0 aliphatic rings. The summed E-state index contributed by atoms with van der Waals surface area (Å²) < 4.78 is 13.6. The van der Waals surface area contributed by atoms with Crippen LogP contribution >= 0.6 is 0 Å². The summed E-state index contributed by atoms with van der Waals surface area (Å²) >= 11 is 0. The number of hydrogen-bond acceptors (Lipinski definition) is 5. The molecule has 1 amide bonds. The zero-order valence-corrected chi connectivity index (χ0v) is 20.8. The van der Waals surface area contributed by atoms with Crippen molar-refractivity contribution in [3.63, 3.8) is 0 Å². The quantitative estimate of drug-likeness (QED) is 0.370. The molecule has 3 N–H and O–H groups in total. The molecule has 8 nitrogen and oxygen atoms in total. The first kappa shape index (κ1) is 22.8. The molecule has 182 valence electrons. The number of pyridine rings is 1. The van der Waals surface area contributed by atoms with Crippen LogP contribution in [-0.4, -0.2) is 35.9 Å². The molecule has 0 saturated carbocycles. The molecule has 37 heavy (non-hydrogen) atoms. The van der Waals surface area contributed by atoms with E-state index in [2.05, 4.69) is 15.0 Å². The number of amides is 1. The third-order valence-electron chi connectivity index (χ3n) is 6.68. The highest BCUT2D eigenvalue weighted by atomic mass is 32.2. The maximum Gasteiger partial charge on any atom is 0.269 e. The Morgan fingerprint density at radius 2 is 1.81 bits per heavy atom. The number of aromatic amines is 1. The smallest absolute Gasteiger partial charge is 0.269 e. The van der Waals surface area contributed by atoms with Crippen LogP contribution in [0.4, 0.5) is 0 Å². The Bertz CT molecular complexity index is 1990. The van der Waals surface area contributed by atoms with Gasteiger partial charge in [-0.05, 0) is 48.4 Å². The largest absolute Gasteiger partial charge is 0.364 e. The molecule has 6 rings (SSSR count). The van der Waals surface area contributed by atoms with Crippen LogP contribution in [0.25, 0.3) is 49.5 Å². The second-order valence-electron chi connectivity index (χ2n) is 8.81. The van der Waals surface area contributed by atoms with Gasteiger partial charge in [0.1, 0.15) is 6.33 Å². The van der Waals surface area contributed by atoms with Crippen LogP contribution in [0, 0.1) is 6.92 Å². The van der Waals surface area contributed by atoms with Crippen molar-refractivity contribution < 1.29 is 9.00 Å². The fourth-order valence-corrected chi connectivity index (χ4v) is 5.42. The molecule has 0 saturated heterocycles. The van der Waals surface area contributed by atoms with Crippen LogP contribution in [0.1, 0.15) is 16.1 Å². The molecule has 1 atom stereocenters. The lowest BCUT2D eigenvalue weighted by molar-refractivity contribution is 0.0997. The van der Waals surface area contributed by atoms with Crippen LogP contribution in [0.15, 0.2) is 82.9 Å². The van der Waals surface area contributed by atoms with Gasteiger partial charge >= 0.3 is 0 Å². The molecule has 3 aromatic carbocycles. The van der Waals surface area contributed by atoms with Crippen molar-refractivity contribution in [2.24, 2.45) is 5.73 Å². The number of nitrogens with one attached hydrogen (secondary N) is 1. The molecule has 0 aliphatic carbocycles. The topological polar surface area (TPSA) is 124 Å². The number of carbonyl (C=O) groups excluding carboxylic acids is 1. The van der Waals surface area contributed by atoms with Gasteiger partial charge in [0, 0.05) is 50.0 Å². The van der Waals surface area contributed by atoms with Gasteiger partial charge in [0.25, 0.3) is 11.5 Å². The zero-order chi connectivity index (χ0) is 25.8. The van der Waals surface area contributed by atoms with Gasteiger partial charge in [-0.15, -0.1) is 0 Å². The van der Waals surface area contributed by atoms with Gasteiger partial charge in [0.15, 0.2) is 5.69 Å². The Morgan fingerprint density at radius 1 is 1.00 bits per heavy atom. The maximum atomic E-state index is 13.3. The Hall–Kier alpha value is -4.63. The molecule has 0 bridgehead atoms. The molecular weight excluding hydrogens is 486 g/mol. The number of rotatable bonds is 4. The third kappa shape index (κ3) is 3.54. The monoisotopic (exact) mass is 507 g/mol. The molecule has 0 fully saturated rings. The minimum Gasteiger partial charge on any atom is -0.364 e. The van der Waals surface area contributed by atoms with Crippen molar-refractivity contribution in [3.8, 4) is 16.8 Å². The molecule has 0 aliphatic heterocycles. The van der Waals surface area contributed by atoms with E-state index in [-0.39, 0.29) is 11.3 Å². The van der Waals surface area contributed by atoms with Crippen molar-refractivity contribution in [2.75, 3.05) is 6.26 Å². The average Bonchev–Trinajstić information content (AvgIpc) is 3.28. The standard InChI is InChI=1S/C28H21N5O3S/c1-15-17(7-5-9-23(15)33-14-31-21-8-4-3-6-19(21)28(33)35)20-13-30-26(27(29)34)25-24(20)18-11-10-16(37(2)36)12-22(18)32-25/h3-14,32H,1-2H3,(H2,29,34). The van der Waals surface area contributed by atoms with Crippen molar-refractivity contribution in [2.45, 2.75) is 11.8 Å². The predicted molar refractivity (Wildman–Crippen MR) is 146 cm³/mol. The maximum absolute atomic E-state index is 13.3. The van der Waals surface area contributed by atoms with Crippen molar-refractivity contribution in [3.05, 3.63) is 94.8 Å². The number of fused-ring (bicyclic) bond motifs is 4. The zero-order valence-electron chi connectivity index (χ0n) is 20.0. The highest BCUT2D eigenvalue weighted by Gasteiger charge is 2.20. The van der Waals surface area contributed by atoms with E-state index in [4.69, 9.17) is 5.73 Å². The first-order valence-corrected chi connectivity index (χ1v) is 13.1. The van der Waals surface area contributed by atoms with E-state index in [1.54, 1.807) is 29.4 Å². The fourth-order valence-electron chi connectivity index (χ4n) is 4.88. The first-order valence-electron chi connectivity index (χ1n) is 11.5. The number of nitrogens with two attached hydrogens (primary N) is 1. The number of primary amides is 1. The SMILES string of the molecule is Cc1c(-c2cnc(C(N)=O)c3[nH]c4cc(S(C)=O)ccc4c23)cccc1-n1cnc2ccccc2c1=O. The van der Waals surface area contributed by atoms with Crippen LogP contribution in [0.5, 0.6) is 0 Å². The van der Waals surface area contributed by atoms with Gasteiger partial charge in [0.05, 0.1) is 22.1 Å². The van der Waals surface area contributed by atoms with Gasteiger partial charge in [-0.25, -0.2) is 9.97 Å². The van der Waals surface area contributed by atoms with E-state index in [0.717, 1.165) is 33.0 Å². The number of nitrogens with zero attached hydrogens (tertiary/aromatic N) is 3. The highest BCUT2D eigenvalue weighted by molar-refractivity contribution is 7.84. The Labute approximate surface area is 213 Å². The van der Waals surface area contributed by atoms with Crippen LogP contribution in [0.2, 0.25) is 0 Å². The molecular formula is C28H21N5O3S. The number of benzene rings is 3. The van der Waals surface area contributed by atoms with Crippen molar-refractivity contribution in [1.29, 1.82) is 0 Å². The van der Waals surface area contributed by atoms with E-state index >= 15 is 0 Å². The van der Waals surface area contributed by atoms with E-state index in [1.807, 2.05) is 61.5 Å². The van der Waals surface area contributed by atoms with Crippen LogP contribution in [0.3, 0.4) is 0 Å². The Morgan fingerprint density at radius 3 is 2.59 bits per heavy atom. The summed E-state index contributed by atoms with van der Waals surface area (Å²) in [4.78, 5) is 38.3. The summed E-state index contributed by atoms with van der Waals surface area (Å²) in [5, 5.41) is 2.15. The Balaban J connectivity index is 1.64. The summed E-state index contributed by atoms with van der Waals surface area (Å²) in [6.07, 6.45) is 4.79. The summed E-state index contributed by atoms with van der Waals surface area (Å²) in [5.74, 6) is -0.651. The summed E-state index contributed by atoms with van der Waals surface area (Å²) in [6, 6.07) is 18.4. The van der Waals surface area contributed by atoms with Crippen LogP contribution in [-0.2, 0) is 10.8 Å². The van der Waals surface area contributed by atoms with Gasteiger partial charge in [0.2, 0.25) is 0 Å². The van der Waals surface area contributed by atoms with Crippen molar-refractivity contribution in [1.82, 2.24) is 19.5 Å². The minimum atomic E-state index is -1.17. The molecule has 9 heteroatoms. The predicted octanol–water partition coefficient (Wildman–Crippen LogP) is 4.23. The van der Waals surface area contributed by atoms with E-state index < -0.39 is 16.7 Å². The number of H-pyrrole nitrogens is 1. The second-order valence-corrected chi connectivity index (χ2v) is 10.2. The third-order valence-corrected chi connectivity index (χ3v) is 7.60. The highest BCUT2D eigenvalue weighted by Crippen LogP contribution is 2.38. The van der Waals surface area contributed by atoms with E-state index in [9.17, 15) is 13.8 Å². The second kappa shape index (κ2) is 8.49. The van der Waals surface area contributed by atoms with Crippen LogP contribution < -0.4 is 11.3 Å². The summed E-state index contributed by atoms with van der Waals surface area (Å²) in [5.41, 5.74) is 10.6. The lowest BCUT2D eigenvalue weighted by Crippen LogP contribution is -2.19.